The first-order valence-corrected chi connectivity index (χ1v) is 13.2. The van der Waals surface area contributed by atoms with Crippen molar-refractivity contribution in [3.8, 4) is 0 Å². The van der Waals surface area contributed by atoms with E-state index in [2.05, 4.69) is 31.7 Å². The molecule has 4 heterocycles. The normalized spacial score (nSPS) is 19.5. The first-order valence-electron chi connectivity index (χ1n) is 12.5. The van der Waals surface area contributed by atoms with E-state index < -0.39 is 5.91 Å². The van der Waals surface area contributed by atoms with Crippen LogP contribution >= 0.6 is 23.2 Å². The lowest BCUT2D eigenvalue weighted by atomic mass is 9.97. The van der Waals surface area contributed by atoms with Crippen LogP contribution in [0.4, 0.5) is 11.6 Å². The standard InChI is InChI=1S/C25H30Cl2N8O2/c1-2-14-13-34(24-21(27)31-20(23(29)36)22(28)32-24)11-12-35(14)15-6-9-33(10-7-15)25(37)17-3-4-18(26)16-5-8-30-19(16)17/h3-5,8,14-15,30H,2,6-7,9-13H2,1H3,(H2,28,32)(H2,29,36)/t14-/m0/s1. The number of piperidine rings is 1. The van der Waals surface area contributed by atoms with Gasteiger partial charge < -0.3 is 26.3 Å². The zero-order chi connectivity index (χ0) is 26.3. The molecule has 2 aliphatic heterocycles. The van der Waals surface area contributed by atoms with E-state index in [0.29, 0.717) is 42.1 Å². The second-order valence-electron chi connectivity index (χ2n) is 9.57. The van der Waals surface area contributed by atoms with E-state index in [9.17, 15) is 9.59 Å². The smallest absolute Gasteiger partial charge is 0.271 e. The monoisotopic (exact) mass is 544 g/mol. The molecule has 0 radical (unpaired) electrons. The minimum Gasteiger partial charge on any atom is -0.382 e. The van der Waals surface area contributed by atoms with Crippen LogP contribution in [0.1, 0.15) is 47.0 Å². The second-order valence-corrected chi connectivity index (χ2v) is 10.3. The number of halogens is 2. The summed E-state index contributed by atoms with van der Waals surface area (Å²) in [6.45, 7) is 5.82. The zero-order valence-electron chi connectivity index (χ0n) is 20.6. The van der Waals surface area contributed by atoms with E-state index in [1.54, 1.807) is 12.1 Å². The minimum absolute atomic E-state index is 0.0169. The molecular formula is C25H30Cl2N8O2. The Morgan fingerprint density at radius 3 is 2.57 bits per heavy atom. The molecule has 3 aromatic rings. The van der Waals surface area contributed by atoms with E-state index in [4.69, 9.17) is 34.7 Å². The van der Waals surface area contributed by atoms with Gasteiger partial charge in [-0.3, -0.25) is 14.5 Å². The molecule has 5 rings (SSSR count). The fraction of sp³-hybridized carbons (Fsp3) is 0.440. The van der Waals surface area contributed by atoms with Crippen LogP contribution < -0.4 is 16.4 Å². The number of H-pyrrole nitrogens is 1. The second kappa shape index (κ2) is 10.4. The fourth-order valence-electron chi connectivity index (χ4n) is 5.58. The topological polar surface area (TPSA) is 137 Å². The number of benzene rings is 1. The van der Waals surface area contributed by atoms with Crippen molar-refractivity contribution in [3.05, 3.63) is 45.8 Å². The number of nitrogens with one attached hydrogen (secondary N) is 1. The van der Waals surface area contributed by atoms with E-state index >= 15 is 0 Å². The quantitative estimate of drug-likeness (QED) is 0.448. The molecule has 1 aromatic carbocycles. The van der Waals surface area contributed by atoms with Gasteiger partial charge in [0.05, 0.1) is 11.1 Å². The van der Waals surface area contributed by atoms with Gasteiger partial charge in [0.2, 0.25) is 0 Å². The highest BCUT2D eigenvalue weighted by molar-refractivity contribution is 6.36. The number of primary amides is 1. The van der Waals surface area contributed by atoms with E-state index in [1.807, 2.05) is 17.2 Å². The van der Waals surface area contributed by atoms with Crippen LogP contribution in [0.15, 0.2) is 24.4 Å². The van der Waals surface area contributed by atoms with Crippen molar-refractivity contribution in [1.29, 1.82) is 0 Å². The largest absolute Gasteiger partial charge is 0.382 e. The number of anilines is 2. The summed E-state index contributed by atoms with van der Waals surface area (Å²) in [4.78, 5) is 43.0. The molecule has 2 amide bonds. The van der Waals surface area contributed by atoms with Crippen molar-refractivity contribution >= 4 is 57.6 Å². The molecule has 0 spiro atoms. The first-order chi connectivity index (χ1) is 17.8. The number of nitrogens with two attached hydrogens (primary N) is 2. The minimum atomic E-state index is -0.757. The highest BCUT2D eigenvalue weighted by Crippen LogP contribution is 2.31. The molecule has 2 aromatic heterocycles. The number of rotatable bonds is 5. The number of carbonyl (C=O) groups excluding carboxylic acids is 2. The third kappa shape index (κ3) is 4.81. The van der Waals surface area contributed by atoms with Gasteiger partial charge >= 0.3 is 0 Å². The summed E-state index contributed by atoms with van der Waals surface area (Å²) in [7, 11) is 0. The van der Waals surface area contributed by atoms with Crippen LogP contribution in [0.25, 0.3) is 10.9 Å². The average Bonchev–Trinajstić information content (AvgIpc) is 3.40. The summed E-state index contributed by atoms with van der Waals surface area (Å²) in [5.41, 5.74) is 12.5. The van der Waals surface area contributed by atoms with Gasteiger partial charge in [-0.25, -0.2) is 9.97 Å². The van der Waals surface area contributed by atoms with Crippen LogP contribution in [0.2, 0.25) is 10.2 Å². The van der Waals surface area contributed by atoms with Gasteiger partial charge in [-0.2, -0.15) is 0 Å². The number of likely N-dealkylation sites (tertiary alicyclic amines) is 1. The number of nitrogen functional groups attached to an aromatic ring is 1. The van der Waals surface area contributed by atoms with Crippen LogP contribution in [0.3, 0.4) is 0 Å². The Bertz CT molecular complexity index is 1340. The van der Waals surface area contributed by atoms with Crippen LogP contribution in [0.5, 0.6) is 0 Å². The number of hydrogen-bond acceptors (Lipinski definition) is 7. The summed E-state index contributed by atoms with van der Waals surface area (Å²) in [5.74, 6) is -0.268. The molecule has 12 heteroatoms. The van der Waals surface area contributed by atoms with Gasteiger partial charge in [0.1, 0.15) is 0 Å². The third-order valence-corrected chi connectivity index (χ3v) is 8.10. The van der Waals surface area contributed by atoms with E-state index in [1.165, 1.54) is 0 Å². The molecule has 10 nitrogen and oxygen atoms in total. The van der Waals surface area contributed by atoms with Gasteiger partial charge in [-0.05, 0) is 37.5 Å². The molecule has 0 bridgehead atoms. The molecule has 5 N–H and O–H groups in total. The number of aromatic nitrogens is 3. The van der Waals surface area contributed by atoms with E-state index in [0.717, 1.165) is 43.3 Å². The van der Waals surface area contributed by atoms with Crippen molar-refractivity contribution in [1.82, 2.24) is 24.8 Å². The van der Waals surface area contributed by atoms with E-state index in [-0.39, 0.29) is 28.6 Å². The maximum atomic E-state index is 13.3. The Labute approximate surface area is 224 Å². The molecule has 37 heavy (non-hydrogen) atoms. The Hall–Kier alpha value is -3.08. The number of fused-ring (bicyclic) bond motifs is 1. The van der Waals surface area contributed by atoms with Crippen LogP contribution in [-0.2, 0) is 0 Å². The molecule has 2 saturated heterocycles. The summed E-state index contributed by atoms with van der Waals surface area (Å²) in [6, 6.07) is 6.15. The van der Waals surface area contributed by atoms with Crippen LogP contribution in [-0.4, -0.2) is 81.4 Å². The average molecular weight is 545 g/mol. The van der Waals surface area contributed by atoms with Crippen molar-refractivity contribution in [2.24, 2.45) is 5.73 Å². The SMILES string of the molecule is CC[C@H]1CN(c2nc(N)c(C(N)=O)nc2Cl)CCN1C1CCN(C(=O)c2ccc(Cl)c3cc[nH]c23)CC1. The van der Waals surface area contributed by atoms with Gasteiger partial charge in [0.25, 0.3) is 11.8 Å². The molecule has 2 aliphatic rings. The number of amides is 2. The van der Waals surface area contributed by atoms with Gasteiger partial charge in [0.15, 0.2) is 22.5 Å². The summed E-state index contributed by atoms with van der Waals surface area (Å²) >= 11 is 12.6. The number of piperazine rings is 1. The molecule has 0 unspecified atom stereocenters. The van der Waals surface area contributed by atoms with Crippen molar-refractivity contribution in [2.45, 2.75) is 38.3 Å². The lowest BCUT2D eigenvalue weighted by Crippen LogP contribution is -2.58. The maximum absolute atomic E-state index is 13.3. The third-order valence-electron chi connectivity index (χ3n) is 7.52. The van der Waals surface area contributed by atoms with Crippen molar-refractivity contribution in [3.63, 3.8) is 0 Å². The Morgan fingerprint density at radius 1 is 1.11 bits per heavy atom. The zero-order valence-corrected chi connectivity index (χ0v) is 22.1. The number of aromatic amines is 1. The summed E-state index contributed by atoms with van der Waals surface area (Å²) in [6.07, 6.45) is 4.57. The fourth-order valence-corrected chi connectivity index (χ4v) is 6.04. The molecule has 0 saturated carbocycles. The lowest BCUT2D eigenvalue weighted by Gasteiger charge is -2.47. The number of carbonyl (C=O) groups is 2. The van der Waals surface area contributed by atoms with Crippen LogP contribution in [0, 0.1) is 0 Å². The summed E-state index contributed by atoms with van der Waals surface area (Å²) < 4.78 is 0. The Balaban J connectivity index is 1.24. The highest BCUT2D eigenvalue weighted by atomic mass is 35.5. The molecule has 1 atom stereocenters. The molecule has 2 fully saturated rings. The first kappa shape index (κ1) is 25.6. The Kier molecular flexibility index (Phi) is 7.15. The summed E-state index contributed by atoms with van der Waals surface area (Å²) in [5, 5.41) is 1.62. The van der Waals surface area contributed by atoms with Gasteiger partial charge in [-0.15, -0.1) is 0 Å². The van der Waals surface area contributed by atoms with Crippen molar-refractivity contribution < 1.29 is 9.59 Å². The maximum Gasteiger partial charge on any atom is 0.271 e. The van der Waals surface area contributed by atoms with Crippen molar-refractivity contribution in [2.75, 3.05) is 43.4 Å². The van der Waals surface area contributed by atoms with Gasteiger partial charge in [-0.1, -0.05) is 30.1 Å². The predicted molar refractivity (Wildman–Crippen MR) is 145 cm³/mol. The predicted octanol–water partition coefficient (Wildman–Crippen LogP) is 3.15. The molecular weight excluding hydrogens is 515 g/mol. The molecule has 0 aliphatic carbocycles. The van der Waals surface area contributed by atoms with Gasteiger partial charge in [0, 0.05) is 61.4 Å². The lowest BCUT2D eigenvalue weighted by molar-refractivity contribution is 0.0492. The number of hydrogen-bond donors (Lipinski definition) is 3. The Morgan fingerprint density at radius 2 is 1.86 bits per heavy atom. The number of nitrogens with zero attached hydrogens (tertiary/aromatic N) is 5. The highest BCUT2D eigenvalue weighted by Gasteiger charge is 2.35. The molecule has 196 valence electrons.